The lowest BCUT2D eigenvalue weighted by molar-refractivity contribution is 0.285. The Kier molecular flexibility index (Phi) is 5.57. The fraction of sp³-hybridized carbons (Fsp3) is 0.600. The molecule has 0 radical (unpaired) electrons. The van der Waals surface area contributed by atoms with Crippen LogP contribution in [-0.2, 0) is 17.2 Å². The van der Waals surface area contributed by atoms with Crippen LogP contribution >= 0.6 is 0 Å². The first-order valence-electron chi connectivity index (χ1n) is 7.30. The highest BCUT2D eigenvalue weighted by Gasteiger charge is 2.22. The van der Waals surface area contributed by atoms with E-state index in [0.717, 1.165) is 43.1 Å². The van der Waals surface area contributed by atoms with Crippen LogP contribution in [-0.4, -0.2) is 48.2 Å². The Bertz CT molecular complexity index is 472. The second kappa shape index (κ2) is 7.20. The maximum Gasteiger partial charge on any atom is 0.0982 e. The summed E-state index contributed by atoms with van der Waals surface area (Å²) in [6.45, 7) is 5.97. The molecule has 1 heterocycles. The lowest BCUT2D eigenvalue weighted by Crippen LogP contribution is -2.32. The summed E-state index contributed by atoms with van der Waals surface area (Å²) in [7, 11) is 1.13. The number of nitrogens with zero attached hydrogens (tertiary/aromatic N) is 2. The Balaban J connectivity index is 2.00. The lowest BCUT2D eigenvalue weighted by atomic mass is 10.1. The summed E-state index contributed by atoms with van der Waals surface area (Å²) in [4.78, 5) is 5.45. The van der Waals surface area contributed by atoms with E-state index < -0.39 is 10.8 Å². The molecule has 0 fully saturated rings. The van der Waals surface area contributed by atoms with Crippen LogP contribution in [0.25, 0.3) is 0 Å². The van der Waals surface area contributed by atoms with Crippen LogP contribution in [0.15, 0.2) is 23.1 Å². The number of fused-ring (bicyclic) bond motifs is 1. The fourth-order valence-electron chi connectivity index (χ4n) is 2.65. The second-order valence-electron chi connectivity index (χ2n) is 5.35. The summed E-state index contributed by atoms with van der Waals surface area (Å²) >= 11 is 0. The summed E-state index contributed by atoms with van der Waals surface area (Å²) in [5.74, 6) is 0.619. The number of nitrogens with two attached hydrogens (primary N) is 1. The van der Waals surface area contributed by atoms with Gasteiger partial charge in [0, 0.05) is 26.7 Å². The minimum absolute atomic E-state index is 0.619. The molecule has 4 nitrogen and oxygen atoms in total. The maximum absolute atomic E-state index is 12.0. The molecule has 2 N–H and O–H groups in total. The monoisotopic (exact) mass is 295 g/mol. The van der Waals surface area contributed by atoms with Gasteiger partial charge >= 0.3 is 0 Å². The number of rotatable bonds is 7. The van der Waals surface area contributed by atoms with Gasteiger partial charge in [0.25, 0.3) is 0 Å². The molecule has 0 saturated carbocycles. The minimum Gasteiger partial charge on any atom is -0.361 e. The molecule has 5 heteroatoms. The molecule has 1 aliphatic rings. The molecule has 112 valence electrons. The number of hydrogen-bond acceptors (Lipinski definition) is 4. The normalized spacial score (nSPS) is 17.8. The lowest BCUT2D eigenvalue weighted by Gasteiger charge is -2.20. The van der Waals surface area contributed by atoms with Crippen LogP contribution in [0.4, 0.5) is 5.69 Å². The predicted molar refractivity (Wildman–Crippen MR) is 85.6 cm³/mol. The van der Waals surface area contributed by atoms with E-state index in [1.54, 1.807) is 0 Å². The molecule has 1 aromatic carbocycles. The van der Waals surface area contributed by atoms with Gasteiger partial charge in [-0.1, -0.05) is 13.0 Å². The first-order chi connectivity index (χ1) is 9.65. The molecular formula is C15H25N3OS. The van der Waals surface area contributed by atoms with Gasteiger partial charge in [-0.2, -0.15) is 0 Å². The second-order valence-corrected chi connectivity index (χ2v) is 6.74. The highest BCUT2D eigenvalue weighted by molar-refractivity contribution is 7.85. The molecule has 0 spiro atoms. The van der Waals surface area contributed by atoms with Gasteiger partial charge in [-0.25, -0.2) is 0 Å². The van der Waals surface area contributed by atoms with E-state index in [2.05, 4.69) is 34.9 Å². The average molecular weight is 295 g/mol. The van der Waals surface area contributed by atoms with Crippen molar-refractivity contribution in [3.63, 3.8) is 0 Å². The number of hydrogen-bond donors (Lipinski definition) is 1. The van der Waals surface area contributed by atoms with Crippen LogP contribution in [0.1, 0.15) is 18.9 Å². The predicted octanol–water partition coefficient (Wildman–Crippen LogP) is 1.41. The summed E-state index contributed by atoms with van der Waals surface area (Å²) in [5, 5.41) is 0. The van der Waals surface area contributed by atoms with Gasteiger partial charge in [0.05, 0.1) is 27.3 Å². The van der Waals surface area contributed by atoms with Crippen molar-refractivity contribution in [3.05, 3.63) is 23.8 Å². The van der Waals surface area contributed by atoms with Crippen LogP contribution in [0.2, 0.25) is 0 Å². The van der Waals surface area contributed by atoms with Gasteiger partial charge in [-0.15, -0.1) is 0 Å². The Morgan fingerprint density at radius 2 is 2.15 bits per heavy atom. The quantitative estimate of drug-likeness (QED) is 0.826. The molecule has 0 amide bonds. The van der Waals surface area contributed by atoms with Crippen LogP contribution < -0.4 is 10.6 Å². The van der Waals surface area contributed by atoms with Crippen LogP contribution in [0.3, 0.4) is 0 Å². The average Bonchev–Trinajstić information content (AvgIpc) is 2.72. The van der Waals surface area contributed by atoms with Crippen molar-refractivity contribution >= 4 is 16.5 Å². The first kappa shape index (κ1) is 15.5. The van der Waals surface area contributed by atoms with Crippen LogP contribution in [0, 0.1) is 0 Å². The van der Waals surface area contributed by atoms with Crippen molar-refractivity contribution < 1.29 is 4.21 Å². The molecule has 1 unspecified atom stereocenters. The van der Waals surface area contributed by atoms with E-state index in [-0.39, 0.29) is 0 Å². The van der Waals surface area contributed by atoms with Gasteiger partial charge in [0.15, 0.2) is 0 Å². The Morgan fingerprint density at radius 1 is 1.35 bits per heavy atom. The summed E-state index contributed by atoms with van der Waals surface area (Å²) in [6, 6.07) is 6.37. The van der Waals surface area contributed by atoms with Crippen molar-refractivity contribution in [2.24, 2.45) is 5.73 Å². The van der Waals surface area contributed by atoms with E-state index in [1.165, 1.54) is 5.56 Å². The maximum atomic E-state index is 12.0. The summed E-state index contributed by atoms with van der Waals surface area (Å²) < 4.78 is 12.0. The molecule has 2 rings (SSSR count). The molecule has 0 aliphatic carbocycles. The van der Waals surface area contributed by atoms with Crippen molar-refractivity contribution in [2.75, 3.05) is 44.0 Å². The first-order valence-corrected chi connectivity index (χ1v) is 8.62. The van der Waals surface area contributed by atoms with Crippen LogP contribution in [0.5, 0.6) is 0 Å². The van der Waals surface area contributed by atoms with Crippen molar-refractivity contribution in [3.8, 4) is 0 Å². The minimum atomic E-state index is -0.867. The molecule has 20 heavy (non-hydrogen) atoms. The molecular weight excluding hydrogens is 270 g/mol. The standard InChI is InChI=1S/C15H25N3OS/c1-3-8-18(10-7-16)9-6-13-4-5-14-15(11-13)20(19)12-17(14)2/h4-5,11H,3,6-10,12,16H2,1-2H3. The van der Waals surface area contributed by atoms with E-state index in [9.17, 15) is 4.21 Å². The Hall–Kier alpha value is -0.910. The third-order valence-electron chi connectivity index (χ3n) is 3.69. The van der Waals surface area contributed by atoms with Gasteiger partial charge < -0.3 is 15.5 Å². The molecule has 0 aromatic heterocycles. The molecule has 1 atom stereocenters. The number of anilines is 1. The highest BCUT2D eigenvalue weighted by Crippen LogP contribution is 2.30. The molecule has 1 aromatic rings. The summed E-state index contributed by atoms with van der Waals surface area (Å²) in [6.07, 6.45) is 2.15. The third kappa shape index (κ3) is 3.59. The zero-order chi connectivity index (χ0) is 14.5. The Morgan fingerprint density at radius 3 is 2.85 bits per heavy atom. The van der Waals surface area contributed by atoms with Gasteiger partial charge in [0.2, 0.25) is 0 Å². The SMILES string of the molecule is CCCN(CCN)CCc1ccc2c(c1)S(=O)CN2C. The zero-order valence-corrected chi connectivity index (χ0v) is 13.3. The topological polar surface area (TPSA) is 49.6 Å². The molecule has 0 bridgehead atoms. The van der Waals surface area contributed by atoms with Crippen molar-refractivity contribution in [1.82, 2.24) is 4.90 Å². The number of benzene rings is 1. The molecule has 0 saturated heterocycles. The molecule has 1 aliphatic heterocycles. The zero-order valence-electron chi connectivity index (χ0n) is 12.5. The van der Waals surface area contributed by atoms with Crippen molar-refractivity contribution in [2.45, 2.75) is 24.7 Å². The van der Waals surface area contributed by atoms with Gasteiger partial charge in [0.1, 0.15) is 0 Å². The third-order valence-corrected chi connectivity index (χ3v) is 5.13. The smallest absolute Gasteiger partial charge is 0.0982 e. The highest BCUT2D eigenvalue weighted by atomic mass is 32.2. The fourth-order valence-corrected chi connectivity index (χ4v) is 4.02. The van der Waals surface area contributed by atoms with Gasteiger partial charge in [-0.3, -0.25) is 4.21 Å². The summed E-state index contributed by atoms with van der Waals surface area (Å²) in [5.41, 5.74) is 8.03. The van der Waals surface area contributed by atoms with Gasteiger partial charge in [-0.05, 0) is 37.1 Å². The van der Waals surface area contributed by atoms with E-state index in [0.29, 0.717) is 12.4 Å². The largest absolute Gasteiger partial charge is 0.361 e. The van der Waals surface area contributed by atoms with E-state index in [1.807, 2.05) is 7.05 Å². The van der Waals surface area contributed by atoms with E-state index >= 15 is 0 Å². The Labute approximate surface area is 124 Å². The van der Waals surface area contributed by atoms with Crippen molar-refractivity contribution in [1.29, 1.82) is 0 Å². The van der Waals surface area contributed by atoms with E-state index in [4.69, 9.17) is 5.73 Å².